The van der Waals surface area contributed by atoms with E-state index in [0.717, 1.165) is 37.2 Å². The lowest BCUT2D eigenvalue weighted by Crippen LogP contribution is -2.34. The van der Waals surface area contributed by atoms with Gasteiger partial charge in [-0.15, -0.1) is 0 Å². The van der Waals surface area contributed by atoms with Crippen molar-refractivity contribution in [1.82, 2.24) is 14.9 Å². The van der Waals surface area contributed by atoms with Crippen molar-refractivity contribution >= 4 is 11.9 Å². The molecule has 0 radical (unpaired) electrons. The number of anilines is 1. The minimum absolute atomic E-state index is 0.0173. The van der Waals surface area contributed by atoms with Gasteiger partial charge in [0.05, 0.1) is 0 Å². The van der Waals surface area contributed by atoms with Gasteiger partial charge in [-0.25, -0.2) is 4.98 Å². The molecule has 0 saturated carbocycles. The molecule has 0 atom stereocenters. The number of nitrogens with zero attached hydrogens (tertiary/aromatic N) is 4. The molecule has 1 aliphatic rings. The lowest BCUT2D eigenvalue weighted by Gasteiger charge is -2.27. The third-order valence-corrected chi connectivity index (χ3v) is 4.75. The van der Waals surface area contributed by atoms with E-state index < -0.39 is 0 Å². The Labute approximate surface area is 161 Å². The number of carbonyl (C=O) groups is 1. The number of amides is 1. The maximum atomic E-state index is 12.6. The normalized spacial score (nSPS) is 14.1. The lowest BCUT2D eigenvalue weighted by molar-refractivity contribution is -0.133. The first kappa shape index (κ1) is 19.1. The highest BCUT2D eigenvalue weighted by atomic mass is 16.5. The highest BCUT2D eigenvalue weighted by molar-refractivity contribution is 5.77. The largest absolute Gasteiger partial charge is 0.467 e. The molecule has 1 aliphatic heterocycles. The highest BCUT2D eigenvalue weighted by Gasteiger charge is 2.17. The molecule has 0 spiro atoms. The average molecular weight is 368 g/mol. The van der Waals surface area contributed by atoms with Crippen LogP contribution < -0.4 is 9.64 Å². The average Bonchev–Trinajstić information content (AvgIpc) is 2.71. The monoisotopic (exact) mass is 368 g/mol. The zero-order chi connectivity index (χ0) is 19.1. The molecule has 1 saturated heterocycles. The molecule has 1 aromatic carbocycles. The molecule has 0 bridgehead atoms. The van der Waals surface area contributed by atoms with Gasteiger partial charge in [-0.2, -0.15) is 4.98 Å². The van der Waals surface area contributed by atoms with Crippen LogP contribution >= 0.6 is 0 Å². The second-order valence-corrected chi connectivity index (χ2v) is 6.88. The van der Waals surface area contributed by atoms with Crippen molar-refractivity contribution in [3.05, 3.63) is 47.7 Å². The fraction of sp³-hybridized carbons (Fsp3) is 0.476. The van der Waals surface area contributed by atoms with Gasteiger partial charge >= 0.3 is 0 Å². The number of carbonyl (C=O) groups excluding carboxylic acids is 1. The summed E-state index contributed by atoms with van der Waals surface area (Å²) in [6.45, 7) is 7.06. The number of piperidine rings is 1. The maximum Gasteiger partial charge on any atom is 0.260 e. The van der Waals surface area contributed by atoms with Gasteiger partial charge in [0.25, 0.3) is 5.91 Å². The number of hydrogen-bond donors (Lipinski definition) is 0. The predicted molar refractivity (Wildman–Crippen MR) is 106 cm³/mol. The van der Waals surface area contributed by atoms with Crippen LogP contribution in [0.3, 0.4) is 0 Å². The van der Waals surface area contributed by atoms with Gasteiger partial charge in [-0.3, -0.25) is 4.79 Å². The molecule has 6 nitrogen and oxygen atoms in total. The molecule has 27 heavy (non-hydrogen) atoms. The molecule has 144 valence electrons. The van der Waals surface area contributed by atoms with Crippen molar-refractivity contribution in [2.24, 2.45) is 0 Å². The predicted octanol–water partition coefficient (Wildman–Crippen LogP) is 3.20. The standard InChI is InChI=1S/C21H28N4O2/c1-3-24(15-18-10-6-4-7-11-18)20(26)16-27-19-14-17(2)22-21(23-19)25-12-8-5-9-13-25/h4,6-7,10-11,14H,3,5,8-9,12-13,15-16H2,1-2H3. The summed E-state index contributed by atoms with van der Waals surface area (Å²) in [7, 11) is 0. The quantitative estimate of drug-likeness (QED) is 0.751. The highest BCUT2D eigenvalue weighted by Crippen LogP contribution is 2.19. The summed E-state index contributed by atoms with van der Waals surface area (Å²) in [4.78, 5) is 25.6. The molecule has 2 heterocycles. The van der Waals surface area contributed by atoms with E-state index in [-0.39, 0.29) is 12.5 Å². The number of hydrogen-bond acceptors (Lipinski definition) is 5. The first-order valence-corrected chi connectivity index (χ1v) is 9.71. The lowest BCUT2D eigenvalue weighted by atomic mass is 10.1. The Balaban J connectivity index is 1.61. The Bertz CT molecular complexity index is 745. The fourth-order valence-corrected chi connectivity index (χ4v) is 3.24. The second-order valence-electron chi connectivity index (χ2n) is 6.88. The van der Waals surface area contributed by atoms with Gasteiger partial charge in [0.2, 0.25) is 11.8 Å². The Kier molecular flexibility index (Phi) is 6.63. The van der Waals surface area contributed by atoms with Crippen molar-refractivity contribution in [3.63, 3.8) is 0 Å². The van der Waals surface area contributed by atoms with Crippen molar-refractivity contribution in [2.75, 3.05) is 31.1 Å². The Morgan fingerprint density at radius 2 is 1.89 bits per heavy atom. The molecular weight excluding hydrogens is 340 g/mol. The minimum atomic E-state index is -0.0443. The summed E-state index contributed by atoms with van der Waals surface area (Å²) in [5.74, 6) is 1.12. The van der Waals surface area contributed by atoms with Crippen LogP contribution in [-0.4, -0.2) is 47.0 Å². The molecule has 1 fully saturated rings. The van der Waals surface area contributed by atoms with E-state index in [0.29, 0.717) is 24.9 Å². The minimum Gasteiger partial charge on any atom is -0.467 e. The Hall–Kier alpha value is -2.63. The molecule has 3 rings (SSSR count). The number of aromatic nitrogens is 2. The van der Waals surface area contributed by atoms with E-state index in [1.165, 1.54) is 6.42 Å². The molecule has 1 amide bonds. The topological polar surface area (TPSA) is 58.6 Å². The van der Waals surface area contributed by atoms with Crippen molar-refractivity contribution < 1.29 is 9.53 Å². The zero-order valence-electron chi connectivity index (χ0n) is 16.2. The SMILES string of the molecule is CCN(Cc1ccccc1)C(=O)COc1cc(C)nc(N2CCCCC2)n1. The molecule has 0 aliphatic carbocycles. The van der Waals surface area contributed by atoms with Crippen LogP contribution in [0.1, 0.15) is 37.4 Å². The smallest absolute Gasteiger partial charge is 0.260 e. The van der Waals surface area contributed by atoms with Crippen molar-refractivity contribution in [3.8, 4) is 5.88 Å². The van der Waals surface area contributed by atoms with Crippen LogP contribution in [0.5, 0.6) is 5.88 Å². The molecule has 1 aromatic heterocycles. The third kappa shape index (κ3) is 5.42. The summed E-state index contributed by atoms with van der Waals surface area (Å²) in [6, 6.07) is 11.8. The number of likely N-dealkylation sites (N-methyl/N-ethyl adjacent to an activating group) is 1. The fourth-order valence-electron chi connectivity index (χ4n) is 3.24. The number of aryl methyl sites for hydroxylation is 1. The molecule has 6 heteroatoms. The zero-order valence-corrected chi connectivity index (χ0v) is 16.2. The molecular formula is C21H28N4O2. The van der Waals surface area contributed by atoms with Gasteiger partial charge in [0, 0.05) is 37.9 Å². The van der Waals surface area contributed by atoms with E-state index in [9.17, 15) is 4.79 Å². The molecule has 2 aromatic rings. The van der Waals surface area contributed by atoms with Gasteiger partial charge in [-0.1, -0.05) is 30.3 Å². The van der Waals surface area contributed by atoms with E-state index in [1.54, 1.807) is 11.0 Å². The van der Waals surface area contributed by atoms with E-state index >= 15 is 0 Å². The summed E-state index contributed by atoms with van der Waals surface area (Å²) >= 11 is 0. The maximum absolute atomic E-state index is 12.6. The second kappa shape index (κ2) is 9.35. The summed E-state index contributed by atoms with van der Waals surface area (Å²) in [6.07, 6.45) is 3.59. The van der Waals surface area contributed by atoms with Crippen LogP contribution in [0.25, 0.3) is 0 Å². The number of ether oxygens (including phenoxy) is 1. The van der Waals surface area contributed by atoms with E-state index in [2.05, 4.69) is 14.9 Å². The summed E-state index contributed by atoms with van der Waals surface area (Å²) in [5.41, 5.74) is 1.96. The number of benzene rings is 1. The van der Waals surface area contributed by atoms with Crippen LogP contribution in [0, 0.1) is 6.92 Å². The van der Waals surface area contributed by atoms with E-state index in [1.807, 2.05) is 44.2 Å². The number of rotatable bonds is 7. The van der Waals surface area contributed by atoms with Crippen LogP contribution in [0.4, 0.5) is 5.95 Å². The Morgan fingerprint density at radius 3 is 2.59 bits per heavy atom. The van der Waals surface area contributed by atoms with Gasteiger partial charge < -0.3 is 14.5 Å². The summed E-state index contributed by atoms with van der Waals surface area (Å²) in [5, 5.41) is 0. The van der Waals surface area contributed by atoms with Crippen molar-refractivity contribution in [2.45, 2.75) is 39.7 Å². The van der Waals surface area contributed by atoms with Crippen LogP contribution in [0.15, 0.2) is 36.4 Å². The summed E-state index contributed by atoms with van der Waals surface area (Å²) < 4.78 is 5.73. The van der Waals surface area contributed by atoms with Crippen LogP contribution in [-0.2, 0) is 11.3 Å². The first-order chi connectivity index (χ1) is 13.2. The Morgan fingerprint density at radius 1 is 1.15 bits per heavy atom. The first-order valence-electron chi connectivity index (χ1n) is 9.71. The molecule has 0 N–H and O–H groups in total. The van der Waals surface area contributed by atoms with Crippen LogP contribution in [0.2, 0.25) is 0 Å². The van der Waals surface area contributed by atoms with Gasteiger partial charge in [0.15, 0.2) is 6.61 Å². The van der Waals surface area contributed by atoms with Gasteiger partial charge in [-0.05, 0) is 38.7 Å². The third-order valence-electron chi connectivity index (χ3n) is 4.75. The van der Waals surface area contributed by atoms with Crippen molar-refractivity contribution in [1.29, 1.82) is 0 Å². The molecule has 0 unspecified atom stereocenters. The van der Waals surface area contributed by atoms with E-state index in [4.69, 9.17) is 4.74 Å². The van der Waals surface area contributed by atoms with Gasteiger partial charge in [0.1, 0.15) is 0 Å².